The number of hydrogen-bond acceptors (Lipinski definition) is 3. The van der Waals surface area contributed by atoms with Crippen LogP contribution >= 0.6 is 0 Å². The molecule has 0 aliphatic rings. The van der Waals surface area contributed by atoms with Gasteiger partial charge in [-0.25, -0.2) is 4.39 Å². The van der Waals surface area contributed by atoms with Crippen LogP contribution in [0, 0.1) is 12.7 Å². The molecule has 1 aromatic heterocycles. The van der Waals surface area contributed by atoms with Crippen molar-refractivity contribution in [3.63, 3.8) is 0 Å². The lowest BCUT2D eigenvalue weighted by atomic mass is 10.2. The lowest BCUT2D eigenvalue weighted by Crippen LogP contribution is -2.11. The maximum absolute atomic E-state index is 13.0. The normalized spacial score (nSPS) is 10.7. The molecule has 1 aromatic carbocycles. The fourth-order valence-electron chi connectivity index (χ4n) is 1.79. The molecule has 2 aromatic rings. The largest absolute Gasteiger partial charge is 0.486 e. The zero-order chi connectivity index (χ0) is 13.7. The number of hydrogen-bond donors (Lipinski definition) is 1. The highest BCUT2D eigenvalue weighted by molar-refractivity contribution is 5.24. The van der Waals surface area contributed by atoms with Crippen molar-refractivity contribution >= 4 is 0 Å². The summed E-state index contributed by atoms with van der Waals surface area (Å²) in [6.45, 7) is 5.96. The minimum absolute atomic E-state index is 0.302. The molecule has 3 nitrogen and oxygen atoms in total. The average molecular weight is 263 g/mol. The number of furan rings is 1. The van der Waals surface area contributed by atoms with E-state index in [4.69, 9.17) is 9.15 Å². The van der Waals surface area contributed by atoms with Gasteiger partial charge in [-0.1, -0.05) is 13.0 Å². The predicted octanol–water partition coefficient (Wildman–Crippen LogP) is 3.42. The van der Waals surface area contributed by atoms with Crippen molar-refractivity contribution in [2.45, 2.75) is 27.0 Å². The molecule has 0 radical (unpaired) electrons. The van der Waals surface area contributed by atoms with Crippen molar-refractivity contribution in [1.29, 1.82) is 0 Å². The number of aryl methyl sites for hydroxylation is 1. The molecule has 0 saturated heterocycles. The molecule has 0 unspecified atom stereocenters. The van der Waals surface area contributed by atoms with E-state index in [2.05, 4.69) is 5.32 Å². The van der Waals surface area contributed by atoms with Crippen LogP contribution in [0.3, 0.4) is 0 Å². The van der Waals surface area contributed by atoms with Crippen LogP contribution in [0.15, 0.2) is 34.7 Å². The first-order valence-corrected chi connectivity index (χ1v) is 6.36. The van der Waals surface area contributed by atoms with Crippen molar-refractivity contribution in [3.05, 3.63) is 53.2 Å². The molecule has 4 heteroatoms. The van der Waals surface area contributed by atoms with E-state index in [0.29, 0.717) is 18.9 Å². The maximum Gasteiger partial charge on any atom is 0.146 e. The summed E-state index contributed by atoms with van der Waals surface area (Å²) in [7, 11) is 0. The van der Waals surface area contributed by atoms with Crippen molar-refractivity contribution in [2.75, 3.05) is 6.54 Å². The summed E-state index contributed by atoms with van der Waals surface area (Å²) >= 11 is 0. The minimum Gasteiger partial charge on any atom is -0.486 e. The fraction of sp³-hybridized carbons (Fsp3) is 0.333. The molecule has 0 amide bonds. The molecule has 0 aliphatic heterocycles. The molecular formula is C15H18FNO2. The highest BCUT2D eigenvalue weighted by atomic mass is 19.1. The van der Waals surface area contributed by atoms with Gasteiger partial charge in [0.25, 0.3) is 0 Å². The first-order valence-electron chi connectivity index (χ1n) is 6.36. The SMILES string of the molecule is CCNCc1oc(COc2cccc(F)c2)cc1C. The van der Waals surface area contributed by atoms with Gasteiger partial charge in [0.1, 0.15) is 29.7 Å². The molecule has 1 N–H and O–H groups in total. The summed E-state index contributed by atoms with van der Waals surface area (Å²) in [5.41, 5.74) is 1.10. The van der Waals surface area contributed by atoms with E-state index < -0.39 is 0 Å². The summed E-state index contributed by atoms with van der Waals surface area (Å²) in [5, 5.41) is 3.22. The highest BCUT2D eigenvalue weighted by Crippen LogP contribution is 2.18. The van der Waals surface area contributed by atoms with E-state index in [1.54, 1.807) is 12.1 Å². The van der Waals surface area contributed by atoms with E-state index >= 15 is 0 Å². The quantitative estimate of drug-likeness (QED) is 0.867. The molecule has 1 heterocycles. The lowest BCUT2D eigenvalue weighted by Gasteiger charge is -2.04. The van der Waals surface area contributed by atoms with Crippen LogP contribution < -0.4 is 10.1 Å². The smallest absolute Gasteiger partial charge is 0.146 e. The van der Waals surface area contributed by atoms with Gasteiger partial charge >= 0.3 is 0 Å². The Hall–Kier alpha value is -1.81. The minimum atomic E-state index is -0.305. The average Bonchev–Trinajstić information content (AvgIpc) is 2.75. The van der Waals surface area contributed by atoms with Gasteiger partial charge in [0, 0.05) is 6.07 Å². The third kappa shape index (κ3) is 3.83. The second kappa shape index (κ2) is 6.38. The molecule has 102 valence electrons. The van der Waals surface area contributed by atoms with E-state index in [9.17, 15) is 4.39 Å². The topological polar surface area (TPSA) is 34.4 Å². The van der Waals surface area contributed by atoms with E-state index in [1.165, 1.54) is 12.1 Å². The molecule has 0 bridgehead atoms. The summed E-state index contributed by atoms with van der Waals surface area (Å²) < 4.78 is 24.2. The Balaban J connectivity index is 1.96. The Labute approximate surface area is 112 Å². The van der Waals surface area contributed by atoms with Crippen LogP contribution in [0.25, 0.3) is 0 Å². The molecule has 0 fully saturated rings. The van der Waals surface area contributed by atoms with E-state index in [-0.39, 0.29) is 5.82 Å². The molecule has 0 aliphatic carbocycles. The van der Waals surface area contributed by atoms with Crippen LogP contribution in [0.1, 0.15) is 24.0 Å². The number of ether oxygens (including phenoxy) is 1. The maximum atomic E-state index is 13.0. The summed E-state index contributed by atoms with van der Waals surface area (Å²) in [4.78, 5) is 0. The van der Waals surface area contributed by atoms with Crippen molar-refractivity contribution in [1.82, 2.24) is 5.32 Å². The fourth-order valence-corrected chi connectivity index (χ4v) is 1.79. The van der Waals surface area contributed by atoms with Gasteiger partial charge in [0.15, 0.2) is 0 Å². The number of halogens is 1. The Morgan fingerprint density at radius 2 is 2.16 bits per heavy atom. The zero-order valence-corrected chi connectivity index (χ0v) is 11.2. The molecule has 0 spiro atoms. The van der Waals surface area contributed by atoms with Crippen LogP contribution in [-0.4, -0.2) is 6.54 Å². The number of rotatable bonds is 6. The Morgan fingerprint density at radius 3 is 2.89 bits per heavy atom. The third-order valence-corrected chi connectivity index (χ3v) is 2.78. The Bertz CT molecular complexity index is 537. The molecule has 19 heavy (non-hydrogen) atoms. The second-order valence-corrected chi connectivity index (χ2v) is 4.35. The van der Waals surface area contributed by atoms with Crippen LogP contribution in [0.5, 0.6) is 5.75 Å². The van der Waals surface area contributed by atoms with Gasteiger partial charge in [0.05, 0.1) is 6.54 Å². The van der Waals surface area contributed by atoms with Gasteiger partial charge in [0.2, 0.25) is 0 Å². The van der Waals surface area contributed by atoms with Crippen molar-refractivity contribution in [2.24, 2.45) is 0 Å². The van der Waals surface area contributed by atoms with E-state index in [1.807, 2.05) is 19.9 Å². The van der Waals surface area contributed by atoms with Crippen molar-refractivity contribution < 1.29 is 13.5 Å². The first kappa shape index (κ1) is 13.6. The summed E-state index contributed by atoms with van der Waals surface area (Å²) in [5.74, 6) is 1.86. The van der Waals surface area contributed by atoms with Crippen LogP contribution in [0.4, 0.5) is 4.39 Å². The highest BCUT2D eigenvalue weighted by Gasteiger charge is 2.07. The third-order valence-electron chi connectivity index (χ3n) is 2.78. The molecular weight excluding hydrogens is 245 g/mol. The van der Waals surface area contributed by atoms with Gasteiger partial charge in [-0.15, -0.1) is 0 Å². The monoisotopic (exact) mass is 263 g/mol. The number of benzene rings is 1. The van der Waals surface area contributed by atoms with E-state index in [0.717, 1.165) is 23.6 Å². The molecule has 0 saturated carbocycles. The standard InChI is InChI=1S/C15H18FNO2/c1-3-17-9-15-11(2)7-14(19-15)10-18-13-6-4-5-12(16)8-13/h4-8,17H,3,9-10H2,1-2H3. The predicted molar refractivity (Wildman–Crippen MR) is 71.6 cm³/mol. The van der Waals surface area contributed by atoms with Gasteiger partial charge in [-0.3, -0.25) is 0 Å². The Kier molecular flexibility index (Phi) is 4.58. The molecule has 0 atom stereocenters. The Morgan fingerprint density at radius 1 is 1.32 bits per heavy atom. The van der Waals surface area contributed by atoms with Crippen molar-refractivity contribution in [3.8, 4) is 5.75 Å². The summed E-state index contributed by atoms with van der Waals surface area (Å²) in [6.07, 6.45) is 0. The van der Waals surface area contributed by atoms with Gasteiger partial charge in [-0.2, -0.15) is 0 Å². The van der Waals surface area contributed by atoms with Crippen LogP contribution in [0.2, 0.25) is 0 Å². The zero-order valence-electron chi connectivity index (χ0n) is 11.2. The molecule has 2 rings (SSSR count). The van der Waals surface area contributed by atoms with Gasteiger partial charge in [-0.05, 0) is 37.2 Å². The number of nitrogens with one attached hydrogen (secondary N) is 1. The van der Waals surface area contributed by atoms with Gasteiger partial charge < -0.3 is 14.5 Å². The second-order valence-electron chi connectivity index (χ2n) is 4.35. The van der Waals surface area contributed by atoms with Crippen LogP contribution in [-0.2, 0) is 13.2 Å². The summed E-state index contributed by atoms with van der Waals surface area (Å²) in [6, 6.07) is 8.03. The first-order chi connectivity index (χ1) is 9.19. The lowest BCUT2D eigenvalue weighted by molar-refractivity contribution is 0.264.